The Morgan fingerprint density at radius 3 is 3.21 bits per heavy atom. The number of hydrogen-bond acceptors (Lipinski definition) is 5. The number of aromatic nitrogens is 1. The van der Waals surface area contributed by atoms with Gasteiger partial charge in [0.25, 0.3) is 11.9 Å². The van der Waals surface area contributed by atoms with Gasteiger partial charge in [-0.2, -0.15) is 4.98 Å². The van der Waals surface area contributed by atoms with E-state index in [0.29, 0.717) is 17.1 Å². The smallest absolute Gasteiger partial charge is 0.298 e. The molecule has 1 fully saturated rings. The summed E-state index contributed by atoms with van der Waals surface area (Å²) < 4.78 is 11.0. The van der Waals surface area contributed by atoms with Gasteiger partial charge in [0.2, 0.25) is 0 Å². The van der Waals surface area contributed by atoms with Crippen molar-refractivity contribution >= 4 is 23.0 Å². The molecule has 1 aliphatic heterocycles. The van der Waals surface area contributed by atoms with E-state index in [1.54, 1.807) is 19.2 Å². The van der Waals surface area contributed by atoms with Crippen LogP contribution in [0.4, 0.5) is 6.01 Å². The standard InChI is InChI=1S/C13H14N3O3/c1-18-8-5-6-16(7-8)13-15-11-9(12(14)17)3-2-4-10(11)19-13/h2,4,8H,5-7H2,1H3,(H2,14,17). The predicted molar refractivity (Wildman–Crippen MR) is 69.0 cm³/mol. The topological polar surface area (TPSA) is 81.6 Å². The van der Waals surface area contributed by atoms with Crippen molar-refractivity contribution in [3.8, 4) is 0 Å². The van der Waals surface area contributed by atoms with Crippen LogP contribution in [-0.2, 0) is 4.74 Å². The summed E-state index contributed by atoms with van der Waals surface area (Å²) in [7, 11) is 1.69. The Kier molecular flexibility index (Phi) is 2.87. The van der Waals surface area contributed by atoms with Crippen LogP contribution >= 0.6 is 0 Å². The summed E-state index contributed by atoms with van der Waals surface area (Å²) in [6, 6.07) is 6.63. The number of nitrogens with two attached hydrogens (primary N) is 1. The zero-order chi connectivity index (χ0) is 13.4. The largest absolute Gasteiger partial charge is 0.423 e. The zero-order valence-electron chi connectivity index (χ0n) is 10.5. The maximum Gasteiger partial charge on any atom is 0.298 e. The second-order valence-electron chi connectivity index (χ2n) is 4.52. The van der Waals surface area contributed by atoms with Gasteiger partial charge in [0.05, 0.1) is 11.7 Å². The van der Waals surface area contributed by atoms with E-state index < -0.39 is 5.91 Å². The minimum atomic E-state index is -0.554. The van der Waals surface area contributed by atoms with Crippen molar-refractivity contribution in [2.24, 2.45) is 5.73 Å². The molecule has 6 nitrogen and oxygen atoms in total. The number of benzene rings is 1. The molecule has 1 aromatic heterocycles. The second-order valence-corrected chi connectivity index (χ2v) is 4.52. The van der Waals surface area contributed by atoms with Crippen LogP contribution in [0, 0.1) is 6.07 Å². The molecule has 2 N–H and O–H groups in total. The third-order valence-electron chi connectivity index (χ3n) is 3.34. The van der Waals surface area contributed by atoms with E-state index in [1.165, 1.54) is 0 Å². The van der Waals surface area contributed by atoms with Gasteiger partial charge in [-0.1, -0.05) is 0 Å². The molecule has 0 bridgehead atoms. The summed E-state index contributed by atoms with van der Waals surface area (Å²) >= 11 is 0. The summed E-state index contributed by atoms with van der Waals surface area (Å²) in [5.41, 5.74) is 6.57. The average molecular weight is 260 g/mol. The highest BCUT2D eigenvalue weighted by Gasteiger charge is 2.26. The highest BCUT2D eigenvalue weighted by Crippen LogP contribution is 2.27. The molecule has 2 aromatic rings. The van der Waals surface area contributed by atoms with E-state index in [4.69, 9.17) is 14.9 Å². The fraction of sp³-hybridized carbons (Fsp3) is 0.385. The average Bonchev–Trinajstić information content (AvgIpc) is 3.03. The van der Waals surface area contributed by atoms with Crippen molar-refractivity contribution in [3.63, 3.8) is 0 Å². The fourth-order valence-corrected chi connectivity index (χ4v) is 2.30. The van der Waals surface area contributed by atoms with Crippen LogP contribution in [0.3, 0.4) is 0 Å². The third-order valence-corrected chi connectivity index (χ3v) is 3.34. The molecule has 0 aliphatic carbocycles. The first kappa shape index (κ1) is 12.0. The molecule has 1 saturated heterocycles. The fourth-order valence-electron chi connectivity index (χ4n) is 2.30. The van der Waals surface area contributed by atoms with Crippen molar-refractivity contribution in [1.82, 2.24) is 4.98 Å². The number of hydrogen-bond donors (Lipinski definition) is 1. The predicted octanol–water partition coefficient (Wildman–Crippen LogP) is 0.952. The Morgan fingerprint density at radius 1 is 1.68 bits per heavy atom. The van der Waals surface area contributed by atoms with E-state index in [-0.39, 0.29) is 11.7 Å². The lowest BCUT2D eigenvalue weighted by molar-refractivity contribution is 0.100. The maximum atomic E-state index is 11.3. The minimum Gasteiger partial charge on any atom is -0.423 e. The van der Waals surface area contributed by atoms with E-state index in [0.717, 1.165) is 19.5 Å². The zero-order valence-corrected chi connectivity index (χ0v) is 10.5. The number of oxazole rings is 1. The van der Waals surface area contributed by atoms with Crippen molar-refractivity contribution in [3.05, 3.63) is 23.8 Å². The van der Waals surface area contributed by atoms with Crippen molar-refractivity contribution in [2.75, 3.05) is 25.1 Å². The Balaban J connectivity index is 1.98. The molecule has 3 rings (SSSR count). The Bertz CT molecular complexity index is 623. The number of primary amides is 1. The summed E-state index contributed by atoms with van der Waals surface area (Å²) in [4.78, 5) is 17.7. The van der Waals surface area contributed by atoms with Crippen LogP contribution in [-0.4, -0.2) is 37.2 Å². The molecule has 2 heterocycles. The summed E-state index contributed by atoms with van der Waals surface area (Å²) in [6.07, 6.45) is 1.13. The lowest BCUT2D eigenvalue weighted by Gasteiger charge is -2.12. The number of methoxy groups -OCH3 is 1. The molecule has 1 atom stereocenters. The molecular formula is C13H14N3O3. The first-order valence-electron chi connectivity index (χ1n) is 6.08. The molecule has 0 spiro atoms. The normalized spacial score (nSPS) is 19.2. The number of amides is 1. The van der Waals surface area contributed by atoms with Gasteiger partial charge < -0.3 is 19.8 Å². The van der Waals surface area contributed by atoms with E-state index in [2.05, 4.69) is 11.1 Å². The van der Waals surface area contributed by atoms with Gasteiger partial charge in [-0.05, 0) is 24.6 Å². The quantitative estimate of drug-likeness (QED) is 0.888. The van der Waals surface area contributed by atoms with Gasteiger partial charge >= 0.3 is 0 Å². The maximum absolute atomic E-state index is 11.3. The first-order chi connectivity index (χ1) is 9.19. The second kappa shape index (κ2) is 4.55. The van der Waals surface area contributed by atoms with E-state index in [9.17, 15) is 4.79 Å². The Labute approximate surface area is 110 Å². The number of fused-ring (bicyclic) bond motifs is 1. The van der Waals surface area contributed by atoms with Gasteiger partial charge in [0.1, 0.15) is 5.52 Å². The lowest BCUT2D eigenvalue weighted by Crippen LogP contribution is -2.22. The number of ether oxygens (including phenoxy) is 1. The first-order valence-corrected chi connectivity index (χ1v) is 6.08. The number of nitrogens with zero attached hydrogens (tertiary/aromatic N) is 2. The molecule has 1 unspecified atom stereocenters. The van der Waals surface area contributed by atoms with Gasteiger partial charge in [-0.15, -0.1) is 0 Å². The molecule has 1 amide bonds. The van der Waals surface area contributed by atoms with E-state index >= 15 is 0 Å². The number of anilines is 1. The van der Waals surface area contributed by atoms with Crippen LogP contribution in [0.5, 0.6) is 0 Å². The number of rotatable bonds is 3. The monoisotopic (exact) mass is 260 g/mol. The van der Waals surface area contributed by atoms with Crippen LogP contribution < -0.4 is 10.6 Å². The number of carbonyl (C=O) groups is 1. The number of carbonyl (C=O) groups excluding carboxylic acids is 1. The van der Waals surface area contributed by atoms with Crippen molar-refractivity contribution < 1.29 is 13.9 Å². The molecular weight excluding hydrogens is 246 g/mol. The van der Waals surface area contributed by atoms with Gasteiger partial charge in [0, 0.05) is 20.2 Å². The molecule has 0 saturated carbocycles. The molecule has 1 aliphatic rings. The van der Waals surface area contributed by atoms with Crippen LogP contribution in [0.15, 0.2) is 16.5 Å². The van der Waals surface area contributed by atoms with E-state index in [1.807, 2.05) is 4.90 Å². The Morgan fingerprint density at radius 2 is 2.53 bits per heavy atom. The minimum absolute atomic E-state index is 0.192. The molecule has 6 heteroatoms. The van der Waals surface area contributed by atoms with Gasteiger partial charge in [-0.3, -0.25) is 4.79 Å². The van der Waals surface area contributed by atoms with Crippen molar-refractivity contribution in [1.29, 1.82) is 0 Å². The SMILES string of the molecule is COC1CCN(c2nc3c(C(N)=O)[c]ccc3o2)C1. The lowest BCUT2D eigenvalue weighted by atomic mass is 10.2. The van der Waals surface area contributed by atoms with Crippen molar-refractivity contribution in [2.45, 2.75) is 12.5 Å². The van der Waals surface area contributed by atoms with Gasteiger partial charge in [-0.25, -0.2) is 0 Å². The Hall–Kier alpha value is -2.08. The van der Waals surface area contributed by atoms with Crippen LogP contribution in [0.2, 0.25) is 0 Å². The van der Waals surface area contributed by atoms with Gasteiger partial charge in [0.15, 0.2) is 5.58 Å². The summed E-state index contributed by atoms with van der Waals surface area (Å²) in [5.74, 6) is -0.554. The molecule has 19 heavy (non-hydrogen) atoms. The third kappa shape index (κ3) is 2.04. The summed E-state index contributed by atoms with van der Waals surface area (Å²) in [6.45, 7) is 1.56. The summed E-state index contributed by atoms with van der Waals surface area (Å²) in [5, 5.41) is 0. The molecule has 1 radical (unpaired) electrons. The molecule has 99 valence electrons. The highest BCUT2D eigenvalue weighted by atomic mass is 16.5. The van der Waals surface area contributed by atoms with Crippen LogP contribution in [0.1, 0.15) is 16.8 Å². The van der Waals surface area contributed by atoms with Crippen LogP contribution in [0.25, 0.3) is 11.1 Å². The highest BCUT2D eigenvalue weighted by molar-refractivity contribution is 6.03. The molecule has 1 aromatic carbocycles.